The summed E-state index contributed by atoms with van der Waals surface area (Å²) < 4.78 is 25.7. The first kappa shape index (κ1) is 6.95. The van der Waals surface area contributed by atoms with Gasteiger partial charge in [0.25, 0.3) is 0 Å². The first-order valence-corrected chi connectivity index (χ1v) is 3.67. The Morgan fingerprint density at radius 1 is 1.73 bits per heavy atom. The number of rotatable bonds is 0. The van der Waals surface area contributed by atoms with Crippen molar-refractivity contribution in [3.8, 4) is 0 Å². The average Bonchev–Trinajstić information content (AvgIpc) is 2.50. The molecule has 0 aliphatic heterocycles. The number of hydrogen-bond acceptors (Lipinski definition) is 1. The van der Waals surface area contributed by atoms with Crippen molar-refractivity contribution in [3.63, 3.8) is 0 Å². The van der Waals surface area contributed by atoms with Gasteiger partial charge in [-0.25, -0.2) is 8.78 Å². The van der Waals surface area contributed by atoms with E-state index in [0.717, 1.165) is 0 Å². The Balaban J connectivity index is 2.36. The molecule has 1 N–H and O–H groups in total. The van der Waals surface area contributed by atoms with Crippen LogP contribution in [0.15, 0.2) is 11.9 Å². The van der Waals surface area contributed by atoms with Gasteiger partial charge in [-0.3, -0.25) is 0 Å². The maximum atomic E-state index is 12.9. The van der Waals surface area contributed by atoms with Crippen molar-refractivity contribution < 1.29 is 8.78 Å². The SMILES string of the molecule is CC12C(=N)C(F)=CCC1C2F. The quantitative estimate of drug-likeness (QED) is 0.557. The van der Waals surface area contributed by atoms with Crippen molar-refractivity contribution in [1.29, 1.82) is 5.41 Å². The fourth-order valence-electron chi connectivity index (χ4n) is 1.82. The third-order valence-electron chi connectivity index (χ3n) is 2.92. The van der Waals surface area contributed by atoms with Crippen LogP contribution in [0, 0.1) is 16.7 Å². The van der Waals surface area contributed by atoms with Crippen molar-refractivity contribution in [3.05, 3.63) is 11.9 Å². The van der Waals surface area contributed by atoms with Gasteiger partial charge in [0.2, 0.25) is 0 Å². The van der Waals surface area contributed by atoms with Crippen LogP contribution in [0.2, 0.25) is 0 Å². The van der Waals surface area contributed by atoms with Gasteiger partial charge < -0.3 is 5.41 Å². The zero-order chi connectivity index (χ0) is 8.22. The Morgan fingerprint density at radius 2 is 2.36 bits per heavy atom. The van der Waals surface area contributed by atoms with Crippen LogP contribution in [0.4, 0.5) is 8.78 Å². The normalized spacial score (nSPS) is 48.3. The largest absolute Gasteiger partial charge is 0.302 e. The summed E-state index contributed by atoms with van der Waals surface area (Å²) in [5, 5.41) is 7.29. The van der Waals surface area contributed by atoms with Crippen LogP contribution >= 0.6 is 0 Å². The van der Waals surface area contributed by atoms with Gasteiger partial charge in [0.1, 0.15) is 12.0 Å². The highest BCUT2D eigenvalue weighted by Crippen LogP contribution is 2.60. The Bertz CT molecular complexity index is 259. The Labute approximate surface area is 63.6 Å². The second-order valence-corrected chi connectivity index (χ2v) is 3.45. The fraction of sp³-hybridized carbons (Fsp3) is 0.625. The van der Waals surface area contributed by atoms with E-state index in [1.54, 1.807) is 6.92 Å². The molecule has 0 saturated heterocycles. The summed E-state index contributed by atoms with van der Waals surface area (Å²) in [5.41, 5.74) is -0.944. The molecule has 0 aromatic heterocycles. The van der Waals surface area contributed by atoms with Crippen molar-refractivity contribution in [2.75, 3.05) is 0 Å². The molecule has 0 aromatic carbocycles. The number of nitrogens with one attached hydrogen (secondary N) is 1. The minimum absolute atomic E-state index is 0.130. The summed E-state index contributed by atoms with van der Waals surface area (Å²) in [7, 11) is 0. The number of alkyl halides is 1. The molecule has 1 saturated carbocycles. The predicted molar refractivity (Wildman–Crippen MR) is 38.0 cm³/mol. The summed E-state index contributed by atoms with van der Waals surface area (Å²) in [6.07, 6.45) is 0.764. The van der Waals surface area contributed by atoms with E-state index in [1.165, 1.54) is 6.08 Å². The number of halogens is 2. The standard InChI is InChI=1S/C8H9F2N/c1-8-4(6(8)10)2-3-5(9)7(8)11/h3-4,6,11H,2H2,1H3. The second kappa shape index (κ2) is 1.71. The average molecular weight is 157 g/mol. The van der Waals surface area contributed by atoms with Crippen LogP contribution in [0.25, 0.3) is 0 Å². The van der Waals surface area contributed by atoms with Gasteiger partial charge in [0, 0.05) is 11.3 Å². The van der Waals surface area contributed by atoms with Gasteiger partial charge in [0.15, 0.2) is 0 Å². The molecular weight excluding hydrogens is 148 g/mol. The van der Waals surface area contributed by atoms with Gasteiger partial charge >= 0.3 is 0 Å². The zero-order valence-electron chi connectivity index (χ0n) is 6.20. The minimum Gasteiger partial charge on any atom is -0.302 e. The molecule has 0 aromatic rings. The molecule has 11 heavy (non-hydrogen) atoms. The van der Waals surface area contributed by atoms with Crippen molar-refractivity contribution >= 4 is 5.71 Å². The monoisotopic (exact) mass is 157 g/mol. The number of hydrogen-bond donors (Lipinski definition) is 1. The van der Waals surface area contributed by atoms with Crippen molar-refractivity contribution in [2.45, 2.75) is 19.5 Å². The summed E-state index contributed by atoms with van der Waals surface area (Å²) in [6, 6.07) is 0. The van der Waals surface area contributed by atoms with Gasteiger partial charge in [-0.1, -0.05) is 6.92 Å². The lowest BCUT2D eigenvalue weighted by molar-refractivity contribution is 0.421. The summed E-state index contributed by atoms with van der Waals surface area (Å²) in [4.78, 5) is 0. The molecule has 0 spiro atoms. The highest BCUT2D eigenvalue weighted by molar-refractivity contribution is 6.04. The maximum absolute atomic E-state index is 12.9. The van der Waals surface area contributed by atoms with Crippen molar-refractivity contribution in [1.82, 2.24) is 0 Å². The highest BCUT2D eigenvalue weighted by atomic mass is 19.1. The molecule has 3 heteroatoms. The van der Waals surface area contributed by atoms with E-state index in [2.05, 4.69) is 0 Å². The van der Waals surface area contributed by atoms with Crippen LogP contribution < -0.4 is 0 Å². The van der Waals surface area contributed by atoms with Gasteiger partial charge in [0.05, 0.1) is 5.71 Å². The van der Waals surface area contributed by atoms with Crippen molar-refractivity contribution in [2.24, 2.45) is 11.3 Å². The lowest BCUT2D eigenvalue weighted by Gasteiger charge is -2.13. The van der Waals surface area contributed by atoms with Gasteiger partial charge in [-0.15, -0.1) is 0 Å². The number of allylic oxidation sites excluding steroid dienone is 2. The Morgan fingerprint density at radius 3 is 2.91 bits per heavy atom. The smallest absolute Gasteiger partial charge is 0.140 e. The molecule has 1 fully saturated rings. The summed E-state index contributed by atoms with van der Waals surface area (Å²) in [5.74, 6) is -0.668. The van der Waals surface area contributed by atoms with Crippen LogP contribution in [-0.4, -0.2) is 11.9 Å². The van der Waals surface area contributed by atoms with E-state index < -0.39 is 17.4 Å². The molecule has 2 aliphatic carbocycles. The lowest BCUT2D eigenvalue weighted by atomic mass is 9.92. The van der Waals surface area contributed by atoms with E-state index in [4.69, 9.17) is 5.41 Å². The molecule has 0 radical (unpaired) electrons. The molecule has 3 atom stereocenters. The van der Waals surface area contributed by atoms with E-state index >= 15 is 0 Å². The molecule has 0 bridgehead atoms. The first-order chi connectivity index (χ1) is 5.08. The van der Waals surface area contributed by atoms with E-state index in [0.29, 0.717) is 6.42 Å². The predicted octanol–water partition coefficient (Wildman–Crippen LogP) is 2.24. The molecule has 1 nitrogen and oxygen atoms in total. The first-order valence-electron chi connectivity index (χ1n) is 3.67. The Hall–Kier alpha value is -0.730. The summed E-state index contributed by atoms with van der Waals surface area (Å²) >= 11 is 0. The lowest BCUT2D eigenvalue weighted by Crippen LogP contribution is -2.18. The van der Waals surface area contributed by atoms with Crippen LogP contribution in [-0.2, 0) is 0 Å². The molecule has 2 rings (SSSR count). The molecule has 0 amide bonds. The molecule has 0 heterocycles. The fourth-order valence-corrected chi connectivity index (χ4v) is 1.82. The van der Waals surface area contributed by atoms with E-state index in [9.17, 15) is 8.78 Å². The molecule has 2 aliphatic rings. The molecule has 3 unspecified atom stereocenters. The zero-order valence-corrected chi connectivity index (χ0v) is 6.20. The highest BCUT2D eigenvalue weighted by Gasteiger charge is 2.66. The maximum Gasteiger partial charge on any atom is 0.140 e. The van der Waals surface area contributed by atoms with Crippen LogP contribution in [0.1, 0.15) is 13.3 Å². The molecule has 60 valence electrons. The summed E-state index contributed by atoms with van der Waals surface area (Å²) in [6.45, 7) is 1.62. The molecular formula is C8H9F2N. The topological polar surface area (TPSA) is 23.9 Å². The third kappa shape index (κ3) is 0.613. The van der Waals surface area contributed by atoms with Gasteiger partial charge in [-0.2, -0.15) is 0 Å². The number of fused-ring (bicyclic) bond motifs is 1. The van der Waals surface area contributed by atoms with Crippen LogP contribution in [0.5, 0.6) is 0 Å². The van der Waals surface area contributed by atoms with Gasteiger partial charge in [-0.05, 0) is 12.5 Å². The van der Waals surface area contributed by atoms with E-state index in [1.807, 2.05) is 0 Å². The second-order valence-electron chi connectivity index (χ2n) is 3.45. The van der Waals surface area contributed by atoms with E-state index in [-0.39, 0.29) is 11.6 Å². The Kier molecular flexibility index (Phi) is 1.08. The van der Waals surface area contributed by atoms with Crippen LogP contribution in [0.3, 0.4) is 0 Å². The third-order valence-corrected chi connectivity index (χ3v) is 2.92. The minimum atomic E-state index is -1.00.